The van der Waals surface area contributed by atoms with E-state index in [9.17, 15) is 0 Å². The van der Waals surface area contributed by atoms with Crippen molar-refractivity contribution in [3.8, 4) is 28.4 Å². The SMILES string of the molecule is CN(c1[c-]cccc1)c1[c-]c(-c2[c-]cnc(-c3[c-]c(N(C)c4[c-]c([N+]5=C=[N+](C)C=C5)ccc4)ccc3)c2)ccc1.[C-]#Cn1cccc1.[Pt+2].[Pt+4]. The van der Waals surface area contributed by atoms with Crippen LogP contribution in [0.25, 0.3) is 22.4 Å². The zero-order chi connectivity index (χ0) is 32.6. The number of aromatic nitrogens is 2. The molecule has 6 aromatic rings. The standard InChI is InChI=1S/C35H26N5.C6H4N.2Pt/c1-37-20-21-40(26-37)34-17-9-16-33(25-34)39(3)32-15-8-11-29(23-32)35-24-28(18-19-36-35)27-10-7-14-31(22-27)38(2)30-12-5-4-6-13-30;1-2-7-5-3-4-6-7;;/h4-12,14-17,19-21,24H,1-3H3;3-6H;;/q-3;-1;+2;+4. The summed E-state index contributed by atoms with van der Waals surface area (Å²) in [7, 11) is 5.98. The molecule has 0 aliphatic carbocycles. The summed E-state index contributed by atoms with van der Waals surface area (Å²) in [4.78, 5) is 8.76. The van der Waals surface area contributed by atoms with Crippen LogP contribution in [-0.2, 0) is 42.1 Å². The Kier molecular flexibility index (Phi) is 13.1. The van der Waals surface area contributed by atoms with Crippen LogP contribution in [0.1, 0.15) is 0 Å². The van der Waals surface area contributed by atoms with Gasteiger partial charge in [0.2, 0.25) is 6.20 Å². The van der Waals surface area contributed by atoms with Crippen LogP contribution in [0.15, 0.2) is 128 Å². The van der Waals surface area contributed by atoms with Crippen molar-refractivity contribution in [1.82, 2.24) is 9.55 Å². The molecular formula is C41H30N6Pt2+2. The minimum atomic E-state index is 0. The molecule has 3 heterocycles. The first-order valence-corrected chi connectivity index (χ1v) is 14.9. The number of nitrogens with zero attached hydrogens (tertiary/aromatic N) is 6. The zero-order valence-electron chi connectivity index (χ0n) is 26.9. The fraction of sp³-hybridized carbons (Fsp3) is 0.0732. The van der Waals surface area contributed by atoms with E-state index < -0.39 is 0 Å². The molecule has 0 bridgehead atoms. The van der Waals surface area contributed by atoms with Gasteiger partial charge in [-0.3, -0.25) is 11.1 Å². The van der Waals surface area contributed by atoms with E-state index in [1.54, 1.807) is 23.2 Å². The van der Waals surface area contributed by atoms with Crippen LogP contribution in [0.5, 0.6) is 0 Å². The Morgan fingerprint density at radius 1 is 0.735 bits per heavy atom. The van der Waals surface area contributed by atoms with E-state index in [0.29, 0.717) is 0 Å². The number of benzene rings is 4. The number of hydrogen-bond acceptors (Lipinski definition) is 3. The molecule has 242 valence electrons. The monoisotopic (exact) mass is 996 g/mol. The van der Waals surface area contributed by atoms with E-state index in [4.69, 9.17) is 6.42 Å². The van der Waals surface area contributed by atoms with Crippen LogP contribution >= 0.6 is 0 Å². The molecule has 4 aromatic carbocycles. The van der Waals surface area contributed by atoms with Crippen molar-refractivity contribution in [2.24, 2.45) is 0 Å². The Balaban J connectivity index is 0.000000537. The number of para-hydroxylation sites is 1. The summed E-state index contributed by atoms with van der Waals surface area (Å²) in [6.45, 7) is 0. The van der Waals surface area contributed by atoms with Gasteiger partial charge in [0.05, 0.1) is 0 Å². The molecule has 1 aliphatic heterocycles. The summed E-state index contributed by atoms with van der Waals surface area (Å²) in [5.74, 6) is 0. The summed E-state index contributed by atoms with van der Waals surface area (Å²) in [6.07, 6.45) is 15.7. The van der Waals surface area contributed by atoms with Crippen LogP contribution in [-0.4, -0.2) is 45.9 Å². The molecular weight excluding hydrogens is 967 g/mol. The van der Waals surface area contributed by atoms with Gasteiger partial charge in [-0.05, 0) is 17.8 Å². The quantitative estimate of drug-likeness (QED) is 0.0932. The molecule has 0 fully saturated rings. The van der Waals surface area contributed by atoms with Crippen LogP contribution < -0.4 is 9.80 Å². The molecule has 0 atom stereocenters. The van der Waals surface area contributed by atoms with Crippen molar-refractivity contribution >= 4 is 34.4 Å². The molecule has 0 spiro atoms. The Morgan fingerprint density at radius 2 is 1.37 bits per heavy atom. The van der Waals surface area contributed by atoms with Gasteiger partial charge in [0.25, 0.3) is 6.20 Å². The van der Waals surface area contributed by atoms with E-state index in [1.807, 2.05) is 140 Å². The second-order valence-corrected chi connectivity index (χ2v) is 10.6. The van der Waals surface area contributed by atoms with Crippen LogP contribution in [0.2, 0.25) is 0 Å². The maximum Gasteiger partial charge on any atom is 4.00 e. The molecule has 0 unspecified atom stereocenters. The first-order valence-electron chi connectivity index (χ1n) is 14.9. The van der Waals surface area contributed by atoms with Gasteiger partial charge in [-0.25, -0.2) is 24.2 Å². The zero-order valence-corrected chi connectivity index (χ0v) is 31.5. The third-order valence-electron chi connectivity index (χ3n) is 7.43. The summed E-state index contributed by atoms with van der Waals surface area (Å²) < 4.78 is 5.35. The number of anilines is 4. The van der Waals surface area contributed by atoms with E-state index >= 15 is 0 Å². The van der Waals surface area contributed by atoms with Crippen molar-refractivity contribution < 1.29 is 51.3 Å². The molecule has 49 heavy (non-hydrogen) atoms. The molecule has 6 nitrogen and oxygen atoms in total. The first-order chi connectivity index (χ1) is 23.0. The summed E-state index contributed by atoms with van der Waals surface area (Å²) in [5.41, 5.74) is 8.27. The normalized spacial score (nSPS) is 11.1. The van der Waals surface area contributed by atoms with Gasteiger partial charge in [-0.15, -0.1) is 48.0 Å². The molecule has 2 aromatic heterocycles. The fourth-order valence-corrected chi connectivity index (χ4v) is 4.88. The maximum absolute atomic E-state index is 6.57. The van der Waals surface area contributed by atoms with Crippen molar-refractivity contribution in [3.05, 3.63) is 165 Å². The summed E-state index contributed by atoms with van der Waals surface area (Å²) >= 11 is 0. The Hall–Kier alpha value is -5.03. The third-order valence-corrected chi connectivity index (χ3v) is 7.43. The fourth-order valence-electron chi connectivity index (χ4n) is 4.88. The van der Waals surface area contributed by atoms with Crippen LogP contribution in [0.4, 0.5) is 28.4 Å². The number of hydrogen-bond donors (Lipinski definition) is 0. The summed E-state index contributed by atoms with van der Waals surface area (Å²) in [6, 6.07) is 54.4. The van der Waals surface area contributed by atoms with Gasteiger partial charge < -0.3 is 25.8 Å². The first kappa shape index (κ1) is 36.8. The average Bonchev–Trinajstić information content (AvgIpc) is 3.84. The van der Waals surface area contributed by atoms with Gasteiger partial charge in [-0.2, -0.15) is 42.5 Å². The van der Waals surface area contributed by atoms with Crippen molar-refractivity contribution in [1.29, 1.82) is 0 Å². The van der Waals surface area contributed by atoms with Crippen LogP contribution in [0, 0.1) is 42.8 Å². The summed E-state index contributed by atoms with van der Waals surface area (Å²) in [5, 5.41) is 0. The van der Waals surface area contributed by atoms with Crippen LogP contribution in [0.3, 0.4) is 0 Å². The van der Waals surface area contributed by atoms with Crippen molar-refractivity contribution in [2.75, 3.05) is 30.9 Å². The number of rotatable bonds is 7. The minimum absolute atomic E-state index is 0. The topological polar surface area (TPSA) is 30.3 Å². The average molecular weight is 997 g/mol. The van der Waals surface area contributed by atoms with Gasteiger partial charge in [0.15, 0.2) is 7.05 Å². The predicted molar refractivity (Wildman–Crippen MR) is 186 cm³/mol. The predicted octanol–water partition coefficient (Wildman–Crippen LogP) is 7.78. The minimum Gasteiger partial charge on any atom is -0.669 e. The molecule has 0 saturated heterocycles. The number of pyridine rings is 1. The molecule has 7 rings (SSSR count). The second-order valence-electron chi connectivity index (χ2n) is 10.6. The Bertz CT molecular complexity index is 2140. The van der Waals surface area contributed by atoms with Gasteiger partial charge in [0.1, 0.15) is 5.69 Å². The van der Waals surface area contributed by atoms with Gasteiger partial charge in [0, 0.05) is 26.5 Å². The van der Waals surface area contributed by atoms with Gasteiger partial charge in [-0.1, -0.05) is 50.2 Å². The van der Waals surface area contributed by atoms with Crippen molar-refractivity contribution in [2.45, 2.75) is 0 Å². The molecule has 0 amide bonds. The Morgan fingerprint density at radius 3 is 2.00 bits per heavy atom. The Labute approximate surface area is 317 Å². The van der Waals surface area contributed by atoms with Gasteiger partial charge >= 0.3 is 48.1 Å². The molecule has 0 N–H and O–H groups in total. The van der Waals surface area contributed by atoms with E-state index in [0.717, 1.165) is 50.8 Å². The third kappa shape index (κ3) is 9.11. The molecule has 0 radical (unpaired) electrons. The second kappa shape index (κ2) is 17.4. The van der Waals surface area contributed by atoms with E-state index in [2.05, 4.69) is 57.2 Å². The molecule has 8 heteroatoms. The van der Waals surface area contributed by atoms with E-state index in [1.165, 1.54) is 0 Å². The smallest absolute Gasteiger partial charge is 0.669 e. The molecule has 1 aliphatic rings. The van der Waals surface area contributed by atoms with Crippen molar-refractivity contribution in [3.63, 3.8) is 0 Å². The van der Waals surface area contributed by atoms with E-state index in [-0.39, 0.29) is 42.1 Å². The maximum atomic E-state index is 6.57. The molecule has 0 saturated carbocycles. The largest absolute Gasteiger partial charge is 4.00 e.